The fourth-order valence-electron chi connectivity index (χ4n) is 2.29. The number of hydrogen-bond donors (Lipinski definition) is 1. The van der Waals surface area contributed by atoms with Gasteiger partial charge >= 0.3 is 6.18 Å². The average molecular weight is 321 g/mol. The van der Waals surface area contributed by atoms with Crippen molar-refractivity contribution >= 4 is 23.2 Å². The van der Waals surface area contributed by atoms with E-state index in [1.807, 2.05) is 0 Å². The van der Waals surface area contributed by atoms with Crippen LogP contribution in [0.1, 0.15) is 30.1 Å². The lowest BCUT2D eigenvalue weighted by Gasteiger charge is -2.30. The first-order chi connectivity index (χ1) is 9.69. The minimum absolute atomic E-state index is 0.00779. The van der Waals surface area contributed by atoms with Crippen LogP contribution in [0.15, 0.2) is 18.2 Å². The SMILES string of the molecule is CC(C1CC1)N(CC(F)(F)F)C(=O)c1cc(N)ccc1Cl. The molecule has 0 bridgehead atoms. The second-order valence-electron chi connectivity index (χ2n) is 5.37. The largest absolute Gasteiger partial charge is 0.406 e. The van der Waals surface area contributed by atoms with E-state index in [0.29, 0.717) is 0 Å². The summed E-state index contributed by atoms with van der Waals surface area (Å²) in [4.78, 5) is 13.3. The van der Waals surface area contributed by atoms with E-state index in [9.17, 15) is 18.0 Å². The lowest BCUT2D eigenvalue weighted by molar-refractivity contribution is -0.144. The first kappa shape index (κ1) is 15.9. The number of nitrogens with two attached hydrogens (primary N) is 1. The number of carbonyl (C=O) groups is 1. The average Bonchev–Trinajstić information content (AvgIpc) is 3.20. The maximum Gasteiger partial charge on any atom is 0.406 e. The number of halogens is 4. The molecule has 0 saturated heterocycles. The van der Waals surface area contributed by atoms with Crippen molar-refractivity contribution in [3.63, 3.8) is 0 Å². The van der Waals surface area contributed by atoms with E-state index in [0.717, 1.165) is 17.7 Å². The fourth-order valence-corrected chi connectivity index (χ4v) is 2.49. The molecule has 1 atom stereocenters. The summed E-state index contributed by atoms with van der Waals surface area (Å²) in [5.74, 6) is -0.611. The van der Waals surface area contributed by atoms with Crippen LogP contribution < -0.4 is 5.73 Å². The summed E-state index contributed by atoms with van der Waals surface area (Å²) in [6, 6.07) is 3.75. The van der Waals surface area contributed by atoms with Gasteiger partial charge < -0.3 is 10.6 Å². The fraction of sp³-hybridized carbons (Fsp3) is 0.500. The van der Waals surface area contributed by atoms with Crippen molar-refractivity contribution in [2.24, 2.45) is 5.92 Å². The van der Waals surface area contributed by atoms with Crippen molar-refractivity contribution in [3.8, 4) is 0 Å². The molecule has 3 nitrogen and oxygen atoms in total. The van der Waals surface area contributed by atoms with E-state index in [1.54, 1.807) is 6.92 Å². The Balaban J connectivity index is 2.30. The quantitative estimate of drug-likeness (QED) is 0.859. The maximum absolute atomic E-state index is 12.8. The lowest BCUT2D eigenvalue weighted by Crippen LogP contribution is -2.45. The van der Waals surface area contributed by atoms with E-state index in [4.69, 9.17) is 17.3 Å². The highest BCUT2D eigenvalue weighted by Gasteiger charge is 2.41. The molecule has 1 saturated carbocycles. The molecule has 0 spiro atoms. The summed E-state index contributed by atoms with van der Waals surface area (Å²) < 4.78 is 38.3. The number of amides is 1. The predicted octanol–water partition coefficient (Wildman–Crippen LogP) is 3.73. The second kappa shape index (κ2) is 5.75. The Kier molecular flexibility index (Phi) is 4.37. The molecule has 1 aliphatic carbocycles. The third-order valence-corrected chi connectivity index (χ3v) is 3.96. The van der Waals surface area contributed by atoms with Gasteiger partial charge in [-0.1, -0.05) is 11.6 Å². The summed E-state index contributed by atoms with van der Waals surface area (Å²) in [7, 11) is 0. The summed E-state index contributed by atoms with van der Waals surface area (Å²) in [5.41, 5.74) is 5.88. The molecule has 7 heteroatoms. The third kappa shape index (κ3) is 4.03. The van der Waals surface area contributed by atoms with Gasteiger partial charge in [0.15, 0.2) is 0 Å². The van der Waals surface area contributed by atoms with Crippen LogP contribution in [-0.4, -0.2) is 29.6 Å². The Morgan fingerprint density at radius 3 is 2.62 bits per heavy atom. The molecule has 0 heterocycles. The molecule has 1 amide bonds. The van der Waals surface area contributed by atoms with E-state index in [2.05, 4.69) is 0 Å². The molecule has 1 aromatic rings. The highest BCUT2D eigenvalue weighted by atomic mass is 35.5. The Labute approximate surface area is 125 Å². The zero-order valence-corrected chi connectivity index (χ0v) is 12.2. The molecule has 0 aromatic heterocycles. The smallest absolute Gasteiger partial charge is 0.399 e. The monoisotopic (exact) mass is 320 g/mol. The van der Waals surface area contributed by atoms with Crippen LogP contribution in [0.2, 0.25) is 5.02 Å². The number of anilines is 1. The molecule has 1 aromatic carbocycles. The lowest BCUT2D eigenvalue weighted by atomic mass is 10.1. The molecule has 1 unspecified atom stereocenters. The number of nitrogens with zero attached hydrogens (tertiary/aromatic N) is 1. The number of alkyl halides is 3. The van der Waals surface area contributed by atoms with Crippen LogP contribution in [0.3, 0.4) is 0 Å². The van der Waals surface area contributed by atoms with Crippen molar-refractivity contribution in [1.29, 1.82) is 0 Å². The van der Waals surface area contributed by atoms with Crippen molar-refractivity contribution < 1.29 is 18.0 Å². The zero-order chi connectivity index (χ0) is 15.8. The van der Waals surface area contributed by atoms with Crippen molar-refractivity contribution in [3.05, 3.63) is 28.8 Å². The number of carbonyl (C=O) groups excluding carboxylic acids is 1. The van der Waals surface area contributed by atoms with Crippen LogP contribution in [0.4, 0.5) is 18.9 Å². The highest BCUT2D eigenvalue weighted by molar-refractivity contribution is 6.34. The summed E-state index contributed by atoms with van der Waals surface area (Å²) in [6.07, 6.45) is -2.77. The van der Waals surface area contributed by atoms with Gasteiger partial charge in [0.1, 0.15) is 6.54 Å². The highest BCUT2D eigenvalue weighted by Crippen LogP contribution is 2.37. The minimum atomic E-state index is -4.45. The Bertz CT molecular complexity index is 544. The Morgan fingerprint density at radius 1 is 1.48 bits per heavy atom. The van der Waals surface area contributed by atoms with Crippen molar-refractivity contribution in [1.82, 2.24) is 4.90 Å². The van der Waals surface area contributed by atoms with Gasteiger partial charge in [-0.3, -0.25) is 4.79 Å². The number of benzene rings is 1. The van der Waals surface area contributed by atoms with E-state index in [-0.39, 0.29) is 22.2 Å². The molecule has 0 aliphatic heterocycles. The predicted molar refractivity (Wildman–Crippen MR) is 75.1 cm³/mol. The van der Waals surface area contributed by atoms with Crippen LogP contribution in [0, 0.1) is 5.92 Å². The van der Waals surface area contributed by atoms with Crippen molar-refractivity contribution in [2.45, 2.75) is 32.0 Å². The zero-order valence-electron chi connectivity index (χ0n) is 11.5. The maximum atomic E-state index is 12.8. The summed E-state index contributed by atoms with van der Waals surface area (Å²) in [5, 5.41) is 0.101. The first-order valence-corrected chi connectivity index (χ1v) is 6.99. The van der Waals surface area contributed by atoms with Gasteiger partial charge in [-0.15, -0.1) is 0 Å². The molecule has 1 aliphatic rings. The van der Waals surface area contributed by atoms with E-state index >= 15 is 0 Å². The van der Waals surface area contributed by atoms with Crippen molar-refractivity contribution in [2.75, 3.05) is 12.3 Å². The Morgan fingerprint density at radius 2 is 2.10 bits per heavy atom. The van der Waals surface area contributed by atoms with Gasteiger partial charge in [-0.2, -0.15) is 13.2 Å². The molecular weight excluding hydrogens is 305 g/mol. The van der Waals surface area contributed by atoms with Crippen LogP contribution in [-0.2, 0) is 0 Å². The standard InChI is InChI=1S/C14H16ClF3N2O/c1-8(9-2-3-9)20(7-14(16,17)18)13(21)11-6-10(19)4-5-12(11)15/h4-6,8-9H,2-3,7,19H2,1H3. The second-order valence-corrected chi connectivity index (χ2v) is 5.77. The Hall–Kier alpha value is -1.43. The molecule has 2 rings (SSSR count). The van der Waals surface area contributed by atoms with Gasteiger partial charge in [0, 0.05) is 11.7 Å². The van der Waals surface area contributed by atoms with Gasteiger partial charge in [0.25, 0.3) is 5.91 Å². The van der Waals surface area contributed by atoms with Gasteiger partial charge in [-0.25, -0.2) is 0 Å². The molecule has 21 heavy (non-hydrogen) atoms. The molecule has 116 valence electrons. The van der Waals surface area contributed by atoms with Gasteiger partial charge in [-0.05, 0) is 43.9 Å². The van der Waals surface area contributed by atoms with Crippen LogP contribution >= 0.6 is 11.6 Å². The topological polar surface area (TPSA) is 46.3 Å². The number of rotatable bonds is 4. The van der Waals surface area contributed by atoms with E-state index < -0.39 is 24.7 Å². The normalized spacial score (nSPS) is 16.6. The molecular formula is C14H16ClF3N2O. The first-order valence-electron chi connectivity index (χ1n) is 6.62. The molecule has 1 fully saturated rings. The van der Waals surface area contributed by atoms with Crippen LogP contribution in [0.25, 0.3) is 0 Å². The third-order valence-electron chi connectivity index (χ3n) is 3.63. The molecule has 0 radical (unpaired) electrons. The molecule has 2 N–H and O–H groups in total. The summed E-state index contributed by atoms with van der Waals surface area (Å²) in [6.45, 7) is 0.357. The number of nitrogen functional groups attached to an aromatic ring is 1. The van der Waals surface area contributed by atoms with E-state index in [1.165, 1.54) is 18.2 Å². The van der Waals surface area contributed by atoms with Crippen LogP contribution in [0.5, 0.6) is 0 Å². The summed E-state index contributed by atoms with van der Waals surface area (Å²) >= 11 is 5.92. The minimum Gasteiger partial charge on any atom is -0.399 e. The van der Waals surface area contributed by atoms with Gasteiger partial charge in [0.05, 0.1) is 10.6 Å². The number of hydrogen-bond acceptors (Lipinski definition) is 2. The van der Waals surface area contributed by atoms with Gasteiger partial charge in [0.2, 0.25) is 0 Å².